The Morgan fingerprint density at radius 1 is 0.296 bits per heavy atom. The number of allylic oxidation sites excluding steroid dienone is 16. The molecule has 0 amide bonds. The van der Waals surface area contributed by atoms with E-state index < -0.39 is 6.10 Å². The van der Waals surface area contributed by atoms with E-state index in [-0.39, 0.29) is 31.1 Å². The lowest BCUT2D eigenvalue weighted by Gasteiger charge is -2.18. The highest BCUT2D eigenvalue weighted by Crippen LogP contribution is 2.16. The third-order valence-electron chi connectivity index (χ3n) is 12.6. The van der Waals surface area contributed by atoms with Crippen molar-refractivity contribution in [3.8, 4) is 0 Å². The summed E-state index contributed by atoms with van der Waals surface area (Å²) >= 11 is 0. The molecule has 1 unspecified atom stereocenters. The average molecular weight is 988 g/mol. The Morgan fingerprint density at radius 3 is 0.887 bits per heavy atom. The van der Waals surface area contributed by atoms with Gasteiger partial charge in [-0.2, -0.15) is 0 Å². The second kappa shape index (κ2) is 58.9. The first-order valence-corrected chi connectivity index (χ1v) is 29.7. The minimum Gasteiger partial charge on any atom is -0.462 e. The molecule has 0 heterocycles. The summed E-state index contributed by atoms with van der Waals surface area (Å²) < 4.78 is 16.8. The predicted octanol–water partition coefficient (Wildman–Crippen LogP) is 20.1. The number of hydrogen-bond acceptors (Lipinski definition) is 6. The average Bonchev–Trinajstić information content (AvgIpc) is 3.37. The van der Waals surface area contributed by atoms with E-state index in [1.54, 1.807) is 0 Å². The zero-order valence-electron chi connectivity index (χ0n) is 46.5. The lowest BCUT2D eigenvalue weighted by molar-refractivity contribution is -0.167. The Labute approximate surface area is 438 Å². The van der Waals surface area contributed by atoms with Gasteiger partial charge in [0.15, 0.2) is 6.10 Å². The SMILES string of the molecule is CC/C=C\C/C=C\C/C=C\C/C=C\CCCCCCCCCCCCCCCCCCC(=O)OCC(COC(=O)CCCCCCC/C=C\CCCC)OC(=O)CCCCC/C=C\C/C=C\C/C=C\CC. The molecular weight excluding hydrogens is 877 g/mol. The number of rotatable bonds is 53. The van der Waals surface area contributed by atoms with Crippen LogP contribution in [0.25, 0.3) is 0 Å². The first-order valence-electron chi connectivity index (χ1n) is 29.7. The van der Waals surface area contributed by atoms with Crippen molar-refractivity contribution in [1.29, 1.82) is 0 Å². The molecular formula is C65H110O6. The Bertz CT molecular complexity index is 1410. The van der Waals surface area contributed by atoms with Gasteiger partial charge in [0.05, 0.1) is 0 Å². The lowest BCUT2D eigenvalue weighted by Crippen LogP contribution is -2.30. The number of unbranched alkanes of at least 4 members (excludes halogenated alkanes) is 26. The zero-order valence-corrected chi connectivity index (χ0v) is 46.5. The molecule has 0 saturated carbocycles. The summed E-state index contributed by atoms with van der Waals surface area (Å²) in [5.74, 6) is -0.927. The quantitative estimate of drug-likeness (QED) is 0.0261. The third-order valence-corrected chi connectivity index (χ3v) is 12.6. The van der Waals surface area contributed by atoms with Crippen LogP contribution in [0.5, 0.6) is 0 Å². The van der Waals surface area contributed by atoms with E-state index >= 15 is 0 Å². The fourth-order valence-electron chi connectivity index (χ4n) is 8.14. The Hall–Kier alpha value is -3.67. The first kappa shape index (κ1) is 67.3. The molecule has 0 aliphatic heterocycles. The smallest absolute Gasteiger partial charge is 0.306 e. The maximum absolute atomic E-state index is 12.8. The Balaban J connectivity index is 4.17. The Morgan fingerprint density at radius 2 is 0.549 bits per heavy atom. The predicted molar refractivity (Wildman–Crippen MR) is 307 cm³/mol. The molecule has 0 N–H and O–H groups in total. The summed E-state index contributed by atoms with van der Waals surface area (Å²) in [6.07, 6.45) is 78.5. The van der Waals surface area contributed by atoms with Crippen LogP contribution in [-0.2, 0) is 28.6 Å². The molecule has 6 nitrogen and oxygen atoms in total. The standard InChI is InChI=1S/C65H110O6/c1-4-7-10-13-16-19-22-24-25-26-27-28-29-30-31-32-33-34-35-36-37-38-39-41-43-46-49-52-55-58-64(67)70-61-62(60-69-63(66)57-54-51-48-45-42-21-18-15-12-9-6-3)71-65(68)59-56-53-50-47-44-40-23-20-17-14-11-8-5-2/h7-8,10-11,15-20,24-25,27-28,40,44,62H,4-6,9,12-14,21-23,26,29-39,41-43,45-61H2,1-3H3/b10-7-,11-8-,18-15-,19-16-,20-17-,25-24-,28-27-,44-40-. The van der Waals surface area contributed by atoms with Crippen LogP contribution in [0.3, 0.4) is 0 Å². The van der Waals surface area contributed by atoms with Gasteiger partial charge in [-0.1, -0.05) is 246 Å². The van der Waals surface area contributed by atoms with Gasteiger partial charge in [0, 0.05) is 19.3 Å². The summed E-state index contributed by atoms with van der Waals surface area (Å²) in [5, 5.41) is 0. The van der Waals surface area contributed by atoms with Gasteiger partial charge in [-0.3, -0.25) is 14.4 Å². The molecule has 0 rings (SSSR count). The number of hydrogen-bond donors (Lipinski definition) is 0. The normalized spacial score (nSPS) is 12.8. The van der Waals surface area contributed by atoms with Crippen LogP contribution >= 0.6 is 0 Å². The molecule has 0 spiro atoms. The topological polar surface area (TPSA) is 78.9 Å². The minimum atomic E-state index is -0.794. The molecule has 1 atom stereocenters. The van der Waals surface area contributed by atoms with Gasteiger partial charge in [-0.15, -0.1) is 0 Å². The molecule has 71 heavy (non-hydrogen) atoms. The van der Waals surface area contributed by atoms with Crippen molar-refractivity contribution in [3.63, 3.8) is 0 Å². The highest BCUT2D eigenvalue weighted by atomic mass is 16.6. The second-order valence-corrected chi connectivity index (χ2v) is 19.5. The van der Waals surface area contributed by atoms with Crippen LogP contribution in [0.4, 0.5) is 0 Å². The summed E-state index contributed by atoms with van der Waals surface area (Å²) in [7, 11) is 0. The molecule has 0 aliphatic rings. The van der Waals surface area contributed by atoms with Crippen molar-refractivity contribution in [1.82, 2.24) is 0 Å². The van der Waals surface area contributed by atoms with Gasteiger partial charge < -0.3 is 14.2 Å². The van der Waals surface area contributed by atoms with Crippen molar-refractivity contribution >= 4 is 17.9 Å². The van der Waals surface area contributed by atoms with Gasteiger partial charge in [0.25, 0.3) is 0 Å². The van der Waals surface area contributed by atoms with E-state index in [1.807, 2.05) is 0 Å². The molecule has 0 aromatic rings. The van der Waals surface area contributed by atoms with E-state index in [0.717, 1.165) is 116 Å². The van der Waals surface area contributed by atoms with Crippen molar-refractivity contribution in [3.05, 3.63) is 97.2 Å². The monoisotopic (exact) mass is 987 g/mol. The minimum absolute atomic E-state index is 0.0906. The largest absolute Gasteiger partial charge is 0.462 e. The van der Waals surface area contributed by atoms with Crippen LogP contribution in [-0.4, -0.2) is 37.2 Å². The first-order chi connectivity index (χ1) is 35.0. The summed E-state index contributed by atoms with van der Waals surface area (Å²) in [4.78, 5) is 38.1. The van der Waals surface area contributed by atoms with Crippen molar-refractivity contribution in [2.45, 2.75) is 284 Å². The number of carbonyl (C=O) groups is 3. The molecule has 0 fully saturated rings. The van der Waals surface area contributed by atoms with Crippen LogP contribution < -0.4 is 0 Å². The van der Waals surface area contributed by atoms with Crippen molar-refractivity contribution in [2.75, 3.05) is 13.2 Å². The van der Waals surface area contributed by atoms with Gasteiger partial charge in [-0.05, 0) is 109 Å². The van der Waals surface area contributed by atoms with E-state index in [2.05, 4.69) is 118 Å². The van der Waals surface area contributed by atoms with Gasteiger partial charge in [-0.25, -0.2) is 0 Å². The van der Waals surface area contributed by atoms with Crippen LogP contribution in [0.2, 0.25) is 0 Å². The van der Waals surface area contributed by atoms with Crippen LogP contribution in [0.1, 0.15) is 278 Å². The molecule has 406 valence electrons. The molecule has 0 bridgehead atoms. The lowest BCUT2D eigenvalue weighted by atomic mass is 10.0. The second-order valence-electron chi connectivity index (χ2n) is 19.5. The zero-order chi connectivity index (χ0) is 51.4. The molecule has 0 aromatic heterocycles. The maximum atomic E-state index is 12.8. The fourth-order valence-corrected chi connectivity index (χ4v) is 8.14. The summed E-state index contributed by atoms with van der Waals surface area (Å²) in [6.45, 7) is 6.35. The molecule has 0 aliphatic carbocycles. The van der Waals surface area contributed by atoms with Crippen LogP contribution in [0.15, 0.2) is 97.2 Å². The molecule has 0 radical (unpaired) electrons. The Kier molecular flexibility index (Phi) is 55.9. The number of esters is 3. The van der Waals surface area contributed by atoms with Crippen molar-refractivity contribution < 1.29 is 28.6 Å². The third kappa shape index (κ3) is 57.1. The van der Waals surface area contributed by atoms with Gasteiger partial charge in [0.1, 0.15) is 13.2 Å². The molecule has 0 aromatic carbocycles. The van der Waals surface area contributed by atoms with E-state index in [4.69, 9.17) is 14.2 Å². The number of carbonyl (C=O) groups excluding carboxylic acids is 3. The van der Waals surface area contributed by atoms with Gasteiger partial charge in [0.2, 0.25) is 0 Å². The summed E-state index contributed by atoms with van der Waals surface area (Å²) in [5.41, 5.74) is 0. The highest BCUT2D eigenvalue weighted by Gasteiger charge is 2.19. The van der Waals surface area contributed by atoms with Crippen LogP contribution in [0, 0.1) is 0 Å². The highest BCUT2D eigenvalue weighted by molar-refractivity contribution is 5.71. The van der Waals surface area contributed by atoms with E-state index in [9.17, 15) is 14.4 Å². The number of ether oxygens (including phenoxy) is 3. The van der Waals surface area contributed by atoms with Gasteiger partial charge >= 0.3 is 17.9 Å². The summed E-state index contributed by atoms with van der Waals surface area (Å²) in [6, 6.07) is 0. The maximum Gasteiger partial charge on any atom is 0.306 e. The fraction of sp³-hybridized carbons (Fsp3) is 0.708. The molecule has 0 saturated heterocycles. The van der Waals surface area contributed by atoms with Crippen molar-refractivity contribution in [2.24, 2.45) is 0 Å². The van der Waals surface area contributed by atoms with E-state index in [0.29, 0.717) is 19.3 Å². The van der Waals surface area contributed by atoms with E-state index in [1.165, 1.54) is 122 Å². The molecule has 6 heteroatoms.